The van der Waals surface area contributed by atoms with E-state index in [0.29, 0.717) is 34.3 Å². The number of hydrogen-bond donors (Lipinski definition) is 1. The predicted molar refractivity (Wildman–Crippen MR) is 128 cm³/mol. The third-order valence-electron chi connectivity index (χ3n) is 5.93. The molecule has 1 saturated heterocycles. The summed E-state index contributed by atoms with van der Waals surface area (Å²) in [5, 5.41) is 11.4. The fourth-order valence-corrected chi connectivity index (χ4v) is 4.22. The van der Waals surface area contributed by atoms with Crippen LogP contribution in [0.15, 0.2) is 64.6 Å². The molecule has 1 fully saturated rings. The lowest BCUT2D eigenvalue weighted by Gasteiger charge is -2.24. The number of methoxy groups -OCH3 is 2. The number of aliphatic hydroxyl groups excluding tert-OH is 1. The zero-order valence-electron chi connectivity index (χ0n) is 19.8. The van der Waals surface area contributed by atoms with Gasteiger partial charge < -0.3 is 19.0 Å². The standard InChI is InChI=1S/C27H27NO6/c1-15(2)20-13-17(10-12-21(20)33-5)25(29)23-24(22-11-9-16(3)34-22)28(27(31)26(23)30)18-7-6-8-19(14-18)32-4/h6-15,24,29H,1-5H3/b25-23-. The van der Waals surface area contributed by atoms with Crippen molar-refractivity contribution in [1.82, 2.24) is 0 Å². The predicted octanol–water partition coefficient (Wildman–Crippen LogP) is 5.35. The molecule has 7 nitrogen and oxygen atoms in total. The van der Waals surface area contributed by atoms with E-state index in [1.165, 1.54) is 12.0 Å². The van der Waals surface area contributed by atoms with Gasteiger partial charge in [-0.2, -0.15) is 0 Å². The van der Waals surface area contributed by atoms with Gasteiger partial charge in [0.05, 0.1) is 19.8 Å². The molecule has 1 aliphatic rings. The summed E-state index contributed by atoms with van der Waals surface area (Å²) in [6.45, 7) is 5.80. The number of ketones is 1. The average Bonchev–Trinajstić information content (AvgIpc) is 3.38. The second kappa shape index (κ2) is 9.09. The van der Waals surface area contributed by atoms with Gasteiger partial charge in [0, 0.05) is 17.3 Å². The molecule has 0 spiro atoms. The number of aryl methyl sites for hydroxylation is 1. The SMILES string of the molecule is COc1cccc(N2C(=O)C(=O)/C(=C(\O)c3ccc(OC)c(C(C)C)c3)C2c2ccc(C)o2)c1. The van der Waals surface area contributed by atoms with E-state index < -0.39 is 17.7 Å². The molecule has 1 N–H and O–H groups in total. The molecule has 2 aromatic carbocycles. The maximum atomic E-state index is 13.3. The number of benzene rings is 2. The van der Waals surface area contributed by atoms with Crippen LogP contribution in [0, 0.1) is 6.92 Å². The Hall–Kier alpha value is -4.00. The maximum absolute atomic E-state index is 13.3. The van der Waals surface area contributed by atoms with E-state index in [-0.39, 0.29) is 17.3 Å². The van der Waals surface area contributed by atoms with Crippen LogP contribution in [-0.4, -0.2) is 31.0 Å². The van der Waals surface area contributed by atoms with Crippen LogP contribution < -0.4 is 14.4 Å². The van der Waals surface area contributed by atoms with Crippen molar-refractivity contribution >= 4 is 23.1 Å². The van der Waals surface area contributed by atoms with Gasteiger partial charge >= 0.3 is 0 Å². The number of anilines is 1. The molecular formula is C27H27NO6. The largest absolute Gasteiger partial charge is 0.507 e. The Morgan fingerprint density at radius 3 is 2.41 bits per heavy atom. The van der Waals surface area contributed by atoms with Gasteiger partial charge in [-0.05, 0) is 60.9 Å². The number of Topliss-reactive ketones (excluding diaryl/α,β-unsaturated/α-hetero) is 1. The number of carbonyl (C=O) groups is 2. The first-order valence-corrected chi connectivity index (χ1v) is 11.0. The van der Waals surface area contributed by atoms with Crippen LogP contribution in [0.25, 0.3) is 5.76 Å². The first-order chi connectivity index (χ1) is 16.3. The Morgan fingerprint density at radius 2 is 1.79 bits per heavy atom. The number of carbonyl (C=O) groups excluding carboxylic acids is 2. The number of furan rings is 1. The zero-order chi connectivity index (χ0) is 24.6. The molecule has 0 radical (unpaired) electrons. The van der Waals surface area contributed by atoms with Crippen molar-refractivity contribution in [1.29, 1.82) is 0 Å². The molecule has 4 rings (SSSR count). The normalized spacial score (nSPS) is 17.5. The van der Waals surface area contributed by atoms with Crippen molar-refractivity contribution in [2.75, 3.05) is 19.1 Å². The van der Waals surface area contributed by atoms with Crippen molar-refractivity contribution in [2.24, 2.45) is 0 Å². The summed E-state index contributed by atoms with van der Waals surface area (Å²) in [5.74, 6) is 0.508. The first kappa shape index (κ1) is 23.2. The van der Waals surface area contributed by atoms with Crippen LogP contribution >= 0.6 is 0 Å². The van der Waals surface area contributed by atoms with E-state index in [1.807, 2.05) is 13.8 Å². The minimum Gasteiger partial charge on any atom is -0.507 e. The van der Waals surface area contributed by atoms with E-state index >= 15 is 0 Å². The van der Waals surface area contributed by atoms with Crippen LogP contribution in [0.5, 0.6) is 11.5 Å². The molecule has 0 aliphatic carbocycles. The van der Waals surface area contributed by atoms with Crippen LogP contribution in [0.2, 0.25) is 0 Å². The Kier molecular flexibility index (Phi) is 6.20. The third-order valence-corrected chi connectivity index (χ3v) is 5.93. The Labute approximate surface area is 198 Å². The summed E-state index contributed by atoms with van der Waals surface area (Å²) < 4.78 is 16.6. The lowest BCUT2D eigenvalue weighted by atomic mass is 9.95. The van der Waals surface area contributed by atoms with Crippen molar-refractivity contribution in [3.63, 3.8) is 0 Å². The number of ether oxygens (including phenoxy) is 2. The molecule has 2 heterocycles. The third kappa shape index (κ3) is 3.94. The lowest BCUT2D eigenvalue weighted by Crippen LogP contribution is -2.29. The summed E-state index contributed by atoms with van der Waals surface area (Å²) in [5.41, 5.74) is 1.71. The summed E-state index contributed by atoms with van der Waals surface area (Å²) in [4.78, 5) is 27.9. The van der Waals surface area contributed by atoms with Gasteiger partial charge in [0.1, 0.15) is 34.8 Å². The van der Waals surface area contributed by atoms with Crippen LogP contribution in [-0.2, 0) is 9.59 Å². The van der Waals surface area contributed by atoms with Gasteiger partial charge in [-0.3, -0.25) is 14.5 Å². The average molecular weight is 462 g/mol. The highest BCUT2D eigenvalue weighted by Crippen LogP contribution is 2.43. The molecule has 3 aromatic rings. The summed E-state index contributed by atoms with van der Waals surface area (Å²) in [6.07, 6.45) is 0. The summed E-state index contributed by atoms with van der Waals surface area (Å²) in [6, 6.07) is 14.6. The summed E-state index contributed by atoms with van der Waals surface area (Å²) >= 11 is 0. The Balaban J connectivity index is 1.93. The number of nitrogens with zero attached hydrogens (tertiary/aromatic N) is 1. The van der Waals surface area contributed by atoms with Gasteiger partial charge in [-0.1, -0.05) is 19.9 Å². The second-order valence-electron chi connectivity index (χ2n) is 8.43. The lowest BCUT2D eigenvalue weighted by molar-refractivity contribution is -0.132. The van der Waals surface area contributed by atoms with Crippen molar-refractivity contribution in [3.8, 4) is 11.5 Å². The van der Waals surface area contributed by atoms with Crippen molar-refractivity contribution in [2.45, 2.75) is 32.7 Å². The zero-order valence-corrected chi connectivity index (χ0v) is 19.8. The Bertz CT molecular complexity index is 1290. The number of hydrogen-bond acceptors (Lipinski definition) is 6. The highest BCUT2D eigenvalue weighted by molar-refractivity contribution is 6.51. The fraction of sp³-hybridized carbons (Fsp3) is 0.259. The van der Waals surface area contributed by atoms with Crippen LogP contribution in [0.3, 0.4) is 0 Å². The molecule has 7 heteroatoms. The molecule has 1 atom stereocenters. The molecule has 1 aliphatic heterocycles. The van der Waals surface area contributed by atoms with Gasteiger partial charge in [0.15, 0.2) is 0 Å². The smallest absolute Gasteiger partial charge is 0.300 e. The molecule has 1 amide bonds. The topological polar surface area (TPSA) is 89.2 Å². The maximum Gasteiger partial charge on any atom is 0.300 e. The summed E-state index contributed by atoms with van der Waals surface area (Å²) in [7, 11) is 3.11. The molecule has 34 heavy (non-hydrogen) atoms. The van der Waals surface area contributed by atoms with E-state index in [0.717, 1.165) is 5.56 Å². The minimum absolute atomic E-state index is 0.0398. The van der Waals surface area contributed by atoms with Crippen LogP contribution in [0.4, 0.5) is 5.69 Å². The molecule has 0 saturated carbocycles. The number of aliphatic hydroxyl groups is 1. The minimum atomic E-state index is -0.939. The second-order valence-corrected chi connectivity index (χ2v) is 8.43. The van der Waals surface area contributed by atoms with E-state index in [9.17, 15) is 14.7 Å². The van der Waals surface area contributed by atoms with Gasteiger partial charge in [-0.15, -0.1) is 0 Å². The van der Waals surface area contributed by atoms with Gasteiger partial charge in [-0.25, -0.2) is 0 Å². The van der Waals surface area contributed by atoms with Crippen molar-refractivity contribution in [3.05, 3.63) is 82.8 Å². The van der Waals surface area contributed by atoms with Crippen LogP contribution in [0.1, 0.15) is 48.5 Å². The molecule has 0 bridgehead atoms. The number of amides is 1. The number of rotatable bonds is 6. The molecule has 1 unspecified atom stereocenters. The quantitative estimate of drug-likeness (QED) is 0.302. The fourth-order valence-electron chi connectivity index (χ4n) is 4.22. The molecular weight excluding hydrogens is 434 g/mol. The van der Waals surface area contributed by atoms with Crippen molar-refractivity contribution < 1.29 is 28.6 Å². The van der Waals surface area contributed by atoms with Gasteiger partial charge in [0.2, 0.25) is 0 Å². The monoisotopic (exact) mass is 461 g/mol. The highest BCUT2D eigenvalue weighted by atomic mass is 16.5. The van der Waals surface area contributed by atoms with E-state index in [2.05, 4.69) is 0 Å². The van der Waals surface area contributed by atoms with E-state index in [4.69, 9.17) is 13.9 Å². The van der Waals surface area contributed by atoms with Gasteiger partial charge in [0.25, 0.3) is 11.7 Å². The first-order valence-electron chi connectivity index (χ1n) is 11.0. The molecule has 176 valence electrons. The van der Waals surface area contributed by atoms with E-state index in [1.54, 1.807) is 68.6 Å². The Morgan fingerprint density at radius 1 is 1.03 bits per heavy atom. The molecule has 1 aromatic heterocycles. The highest BCUT2D eigenvalue weighted by Gasteiger charge is 2.48.